The molecule has 0 fully saturated rings. The van der Waals surface area contributed by atoms with Gasteiger partial charge in [0.15, 0.2) is 0 Å². The second-order valence-electron chi connectivity index (χ2n) is 4.83. The van der Waals surface area contributed by atoms with Gasteiger partial charge >= 0.3 is 0 Å². The van der Waals surface area contributed by atoms with Gasteiger partial charge in [-0.25, -0.2) is 0 Å². The zero-order chi connectivity index (χ0) is 15.0. The molecular formula is C16H13ClN2O2. The van der Waals surface area contributed by atoms with Crippen LogP contribution in [0.3, 0.4) is 0 Å². The number of rotatable bonds is 1. The number of nitrogens with zero attached hydrogens (tertiary/aromatic N) is 2. The lowest BCUT2D eigenvalue weighted by Gasteiger charge is -2.18. The molecule has 2 aromatic carbocycles. The van der Waals surface area contributed by atoms with Gasteiger partial charge in [0.25, 0.3) is 0 Å². The number of likely N-dealkylation sites (N-methyl/N-ethyl adjacent to an activating group) is 1. The molecule has 0 atom stereocenters. The Morgan fingerprint density at radius 2 is 1.90 bits per heavy atom. The Labute approximate surface area is 127 Å². The molecule has 1 amide bonds. The molecule has 3 rings (SSSR count). The Bertz CT molecular complexity index is 738. The molecule has 5 heteroatoms. The summed E-state index contributed by atoms with van der Waals surface area (Å²) in [4.78, 5) is 18.0. The molecular weight excluding hydrogens is 288 g/mol. The molecule has 0 bridgehead atoms. The third kappa shape index (κ3) is 2.50. The van der Waals surface area contributed by atoms with E-state index < -0.39 is 0 Å². The van der Waals surface area contributed by atoms with Gasteiger partial charge in [-0.2, -0.15) is 0 Å². The molecule has 2 aromatic rings. The number of hydrogen-bond acceptors (Lipinski definition) is 3. The molecule has 0 aromatic heterocycles. The maximum absolute atomic E-state index is 12.0. The van der Waals surface area contributed by atoms with E-state index in [4.69, 9.17) is 11.6 Å². The molecule has 1 N–H and O–H groups in total. The van der Waals surface area contributed by atoms with Gasteiger partial charge in [0, 0.05) is 23.2 Å². The number of benzodiazepines with no additional fused rings is 1. The second kappa shape index (κ2) is 5.22. The number of aromatic hydroxyl groups is 1. The van der Waals surface area contributed by atoms with Gasteiger partial charge in [-0.1, -0.05) is 11.6 Å². The Hall–Kier alpha value is -2.33. The highest BCUT2D eigenvalue weighted by atomic mass is 35.5. The molecule has 106 valence electrons. The van der Waals surface area contributed by atoms with Crippen LogP contribution in [0.5, 0.6) is 5.75 Å². The van der Waals surface area contributed by atoms with Gasteiger partial charge in [0.05, 0.1) is 11.4 Å². The highest BCUT2D eigenvalue weighted by Gasteiger charge is 2.22. The van der Waals surface area contributed by atoms with E-state index in [1.54, 1.807) is 48.3 Å². The van der Waals surface area contributed by atoms with E-state index in [9.17, 15) is 9.90 Å². The molecule has 0 radical (unpaired) electrons. The Kier molecular flexibility index (Phi) is 3.39. The number of phenolic OH excluding ortho intramolecular Hbond substituents is 1. The molecule has 0 aliphatic carbocycles. The minimum absolute atomic E-state index is 0.0765. The lowest BCUT2D eigenvalue weighted by Crippen LogP contribution is -2.27. The Morgan fingerprint density at radius 3 is 2.62 bits per heavy atom. The highest BCUT2D eigenvalue weighted by molar-refractivity contribution is 6.32. The minimum atomic E-state index is -0.0765. The van der Waals surface area contributed by atoms with Crippen LogP contribution in [-0.4, -0.2) is 30.3 Å². The molecule has 1 aliphatic heterocycles. The summed E-state index contributed by atoms with van der Waals surface area (Å²) in [6.07, 6.45) is 0. The van der Waals surface area contributed by atoms with E-state index >= 15 is 0 Å². The van der Waals surface area contributed by atoms with Crippen molar-refractivity contribution < 1.29 is 9.90 Å². The number of hydrogen-bond donors (Lipinski definition) is 1. The predicted molar refractivity (Wildman–Crippen MR) is 83.5 cm³/mol. The van der Waals surface area contributed by atoms with E-state index in [1.165, 1.54) is 0 Å². The normalized spacial score (nSPS) is 14.5. The molecule has 0 saturated heterocycles. The fourth-order valence-corrected chi connectivity index (χ4v) is 2.50. The minimum Gasteiger partial charge on any atom is -0.508 e. The average molecular weight is 301 g/mol. The van der Waals surface area contributed by atoms with E-state index in [-0.39, 0.29) is 18.2 Å². The summed E-state index contributed by atoms with van der Waals surface area (Å²) in [5, 5.41) is 10.00. The summed E-state index contributed by atoms with van der Waals surface area (Å²) in [7, 11) is 1.73. The fraction of sp³-hybridized carbons (Fsp3) is 0.125. The van der Waals surface area contributed by atoms with Crippen LogP contribution in [0.1, 0.15) is 11.1 Å². The van der Waals surface area contributed by atoms with Gasteiger partial charge in [-0.15, -0.1) is 0 Å². The van der Waals surface area contributed by atoms with Crippen molar-refractivity contribution in [3.05, 3.63) is 58.6 Å². The topological polar surface area (TPSA) is 52.9 Å². The summed E-state index contributed by atoms with van der Waals surface area (Å²) >= 11 is 6.09. The van der Waals surface area contributed by atoms with Crippen LogP contribution in [0.2, 0.25) is 5.02 Å². The molecule has 1 aliphatic rings. The molecule has 4 nitrogen and oxygen atoms in total. The number of amides is 1. The Morgan fingerprint density at radius 1 is 1.19 bits per heavy atom. The van der Waals surface area contributed by atoms with Crippen molar-refractivity contribution >= 4 is 28.9 Å². The number of fused-ring (bicyclic) bond motifs is 1. The first kappa shape index (κ1) is 13.6. The van der Waals surface area contributed by atoms with Crippen molar-refractivity contribution in [3.63, 3.8) is 0 Å². The molecule has 21 heavy (non-hydrogen) atoms. The maximum Gasteiger partial charge on any atom is 0.248 e. The number of benzene rings is 2. The van der Waals surface area contributed by atoms with Crippen LogP contribution >= 0.6 is 11.6 Å². The van der Waals surface area contributed by atoms with Gasteiger partial charge in [0.1, 0.15) is 12.3 Å². The van der Waals surface area contributed by atoms with Gasteiger partial charge in [0.2, 0.25) is 5.91 Å². The fourth-order valence-electron chi connectivity index (χ4n) is 2.33. The monoisotopic (exact) mass is 300 g/mol. The van der Waals surface area contributed by atoms with E-state index in [1.807, 2.05) is 6.07 Å². The van der Waals surface area contributed by atoms with Crippen molar-refractivity contribution in [2.45, 2.75) is 0 Å². The Balaban J connectivity index is 2.20. The number of carbonyl (C=O) groups is 1. The standard InChI is InChI=1S/C16H13ClN2O2/c1-19-14-7-4-11(17)8-13(14)16(18-9-15(19)21)10-2-5-12(20)6-3-10/h2-8,20H,9H2,1H3. The quantitative estimate of drug-likeness (QED) is 0.880. The summed E-state index contributed by atoms with van der Waals surface area (Å²) in [6, 6.07) is 12.1. The van der Waals surface area contributed by atoms with Gasteiger partial charge < -0.3 is 10.0 Å². The second-order valence-corrected chi connectivity index (χ2v) is 5.26. The first-order valence-electron chi connectivity index (χ1n) is 6.46. The van der Waals surface area contributed by atoms with Gasteiger partial charge in [-0.05, 0) is 42.5 Å². The summed E-state index contributed by atoms with van der Waals surface area (Å²) in [6.45, 7) is 0.0824. The smallest absolute Gasteiger partial charge is 0.248 e. The van der Waals surface area contributed by atoms with E-state index in [2.05, 4.69) is 4.99 Å². The van der Waals surface area contributed by atoms with Crippen LogP contribution in [0, 0.1) is 0 Å². The maximum atomic E-state index is 12.0. The summed E-state index contributed by atoms with van der Waals surface area (Å²) in [5.74, 6) is 0.111. The third-order valence-electron chi connectivity index (χ3n) is 3.46. The molecule has 0 spiro atoms. The van der Waals surface area contributed by atoms with Crippen LogP contribution in [0.15, 0.2) is 47.5 Å². The number of anilines is 1. The van der Waals surface area contributed by atoms with Crippen molar-refractivity contribution in [1.29, 1.82) is 0 Å². The summed E-state index contributed by atoms with van der Waals surface area (Å²) in [5.41, 5.74) is 3.11. The van der Waals surface area contributed by atoms with Crippen molar-refractivity contribution in [3.8, 4) is 5.75 Å². The largest absolute Gasteiger partial charge is 0.508 e. The lowest BCUT2D eigenvalue weighted by atomic mass is 10.00. The third-order valence-corrected chi connectivity index (χ3v) is 3.70. The molecule has 1 heterocycles. The van der Waals surface area contributed by atoms with Crippen molar-refractivity contribution in [2.24, 2.45) is 4.99 Å². The first-order valence-corrected chi connectivity index (χ1v) is 6.84. The van der Waals surface area contributed by atoms with E-state index in [0.29, 0.717) is 10.7 Å². The lowest BCUT2D eigenvalue weighted by molar-refractivity contribution is -0.116. The van der Waals surface area contributed by atoms with Gasteiger partial charge in [-0.3, -0.25) is 9.79 Å². The predicted octanol–water partition coefficient (Wildman–Crippen LogP) is 2.86. The van der Waals surface area contributed by atoms with Crippen LogP contribution < -0.4 is 4.90 Å². The van der Waals surface area contributed by atoms with Crippen LogP contribution in [0.25, 0.3) is 0 Å². The molecule has 0 saturated carbocycles. The van der Waals surface area contributed by atoms with E-state index in [0.717, 1.165) is 16.8 Å². The first-order chi connectivity index (χ1) is 10.1. The van der Waals surface area contributed by atoms with Crippen molar-refractivity contribution in [1.82, 2.24) is 0 Å². The van der Waals surface area contributed by atoms with Crippen molar-refractivity contribution in [2.75, 3.05) is 18.5 Å². The highest BCUT2D eigenvalue weighted by Crippen LogP contribution is 2.29. The molecule has 0 unspecified atom stereocenters. The number of phenols is 1. The zero-order valence-corrected chi connectivity index (χ0v) is 12.1. The van der Waals surface area contributed by atoms with Crippen LogP contribution in [0.4, 0.5) is 5.69 Å². The number of carbonyl (C=O) groups excluding carboxylic acids is 1. The zero-order valence-electron chi connectivity index (χ0n) is 11.4. The van der Waals surface area contributed by atoms with Crippen LogP contribution in [-0.2, 0) is 4.79 Å². The SMILES string of the molecule is CN1C(=O)CN=C(c2ccc(O)cc2)c2cc(Cl)ccc21. The number of halogens is 1. The summed E-state index contributed by atoms with van der Waals surface area (Å²) < 4.78 is 0. The number of aliphatic imine (C=N–C) groups is 1. The average Bonchev–Trinajstić information content (AvgIpc) is 2.59.